The molecule has 356 valence electrons. The number of nitrogens with zero attached hydrogens (tertiary/aromatic N) is 2. The second-order valence-corrected chi connectivity index (χ2v) is 20.2. The van der Waals surface area contributed by atoms with Crippen molar-refractivity contribution in [2.45, 2.75) is 130 Å². The first-order chi connectivity index (χ1) is 34.3. The van der Waals surface area contributed by atoms with Gasteiger partial charge in [0.05, 0.1) is 0 Å². The number of fused-ring (bicyclic) bond motifs is 3. The smallest absolute Gasteiger partial charge is 0.0464 e. The average molecular weight is 919 g/mol. The lowest BCUT2D eigenvalue weighted by Gasteiger charge is -2.33. The van der Waals surface area contributed by atoms with Crippen LogP contribution in [0.2, 0.25) is 0 Å². The first-order valence-corrected chi connectivity index (χ1v) is 26.7. The maximum absolute atomic E-state index is 2.60. The quantitative estimate of drug-likeness (QED) is 0.0625. The number of unbranched alkanes of at least 4 members (excludes halogenated alkanes) is 10. The van der Waals surface area contributed by atoms with Gasteiger partial charge in [0, 0.05) is 39.5 Å². The minimum absolute atomic E-state index is 0.0580. The number of anilines is 6. The lowest BCUT2D eigenvalue weighted by Crippen LogP contribution is -2.25. The fourth-order valence-corrected chi connectivity index (χ4v) is 11.2. The number of hydrogen-bond donors (Lipinski definition) is 0. The van der Waals surface area contributed by atoms with Crippen LogP contribution in [0.5, 0.6) is 0 Å². The lowest BCUT2D eigenvalue weighted by atomic mass is 9.70. The van der Waals surface area contributed by atoms with Crippen molar-refractivity contribution in [1.29, 1.82) is 0 Å². The van der Waals surface area contributed by atoms with E-state index in [-0.39, 0.29) is 5.41 Å². The van der Waals surface area contributed by atoms with Crippen LogP contribution in [-0.2, 0) is 5.41 Å². The van der Waals surface area contributed by atoms with E-state index in [0.29, 0.717) is 0 Å². The molecule has 0 atom stereocenters. The maximum Gasteiger partial charge on any atom is 0.0464 e. The van der Waals surface area contributed by atoms with Gasteiger partial charge in [-0.05, 0) is 163 Å². The molecule has 70 heavy (non-hydrogen) atoms. The van der Waals surface area contributed by atoms with E-state index >= 15 is 0 Å². The van der Waals surface area contributed by atoms with Gasteiger partial charge in [0.1, 0.15) is 0 Å². The fourth-order valence-electron chi connectivity index (χ4n) is 11.2. The van der Waals surface area contributed by atoms with E-state index in [9.17, 15) is 0 Å². The highest BCUT2D eigenvalue weighted by Crippen LogP contribution is 2.55. The van der Waals surface area contributed by atoms with E-state index in [1.54, 1.807) is 11.1 Å². The second-order valence-electron chi connectivity index (χ2n) is 20.2. The molecular weight excluding hydrogens is 845 g/mol. The predicted octanol–water partition coefficient (Wildman–Crippen LogP) is 20.7. The van der Waals surface area contributed by atoms with E-state index in [1.165, 1.54) is 140 Å². The van der Waals surface area contributed by atoms with Crippen LogP contribution < -0.4 is 9.80 Å². The summed E-state index contributed by atoms with van der Waals surface area (Å²) in [5.41, 5.74) is 21.8. The largest absolute Gasteiger partial charge is 0.311 e. The Kier molecular flexibility index (Phi) is 15.8. The summed E-state index contributed by atoms with van der Waals surface area (Å²) in [7, 11) is 0. The summed E-state index contributed by atoms with van der Waals surface area (Å²) in [6, 6.07) is 70.4. The second kappa shape index (κ2) is 22.9. The molecule has 0 aliphatic heterocycles. The summed E-state index contributed by atoms with van der Waals surface area (Å²) in [6.07, 6.45) is 18.4. The summed E-state index contributed by atoms with van der Waals surface area (Å²) in [4.78, 5) is 4.72. The zero-order chi connectivity index (χ0) is 48.3. The zero-order valence-electron chi connectivity index (χ0n) is 42.7. The van der Waals surface area contributed by atoms with Gasteiger partial charge in [0.15, 0.2) is 0 Å². The van der Waals surface area contributed by atoms with Gasteiger partial charge in [0.2, 0.25) is 0 Å². The zero-order valence-corrected chi connectivity index (χ0v) is 42.7. The van der Waals surface area contributed by atoms with Crippen molar-refractivity contribution in [3.05, 3.63) is 216 Å². The summed E-state index contributed by atoms with van der Waals surface area (Å²) in [6.45, 7) is 11.2. The van der Waals surface area contributed by atoms with Gasteiger partial charge >= 0.3 is 0 Å². The number of hydrogen-bond acceptors (Lipinski definition) is 2. The topological polar surface area (TPSA) is 6.48 Å². The van der Waals surface area contributed by atoms with Gasteiger partial charge < -0.3 is 9.80 Å². The molecule has 0 saturated heterocycles. The van der Waals surface area contributed by atoms with Crippen LogP contribution in [-0.4, -0.2) is 0 Å². The SMILES string of the molecule is CCCCCCCCC1(CCCCCCCC)c2cc(C)ccc2-c2ccc(-c3ccc(N(c4ccc(C)cc4)c4ccc(-c5ccc(N(c6ccccc6)c6cccc(C)c6)cc5)cc4)cc3)cc21. The molecule has 9 rings (SSSR count). The molecule has 8 aromatic rings. The Balaban J connectivity index is 1.00. The highest BCUT2D eigenvalue weighted by Gasteiger charge is 2.42. The molecular formula is C68H74N2. The first-order valence-electron chi connectivity index (χ1n) is 26.7. The van der Waals surface area contributed by atoms with Crippen LogP contribution in [0.1, 0.15) is 132 Å². The van der Waals surface area contributed by atoms with Crippen LogP contribution >= 0.6 is 0 Å². The molecule has 2 heteroatoms. The third-order valence-corrected chi connectivity index (χ3v) is 15.0. The maximum atomic E-state index is 2.60. The van der Waals surface area contributed by atoms with E-state index < -0.39 is 0 Å². The van der Waals surface area contributed by atoms with Crippen LogP contribution in [0, 0.1) is 20.8 Å². The van der Waals surface area contributed by atoms with Gasteiger partial charge in [-0.3, -0.25) is 0 Å². The third-order valence-electron chi connectivity index (χ3n) is 15.0. The van der Waals surface area contributed by atoms with Gasteiger partial charge in [0.25, 0.3) is 0 Å². The summed E-state index contributed by atoms with van der Waals surface area (Å²) >= 11 is 0. The van der Waals surface area contributed by atoms with E-state index in [0.717, 1.165) is 34.1 Å². The monoisotopic (exact) mass is 919 g/mol. The third kappa shape index (κ3) is 10.9. The molecule has 1 aliphatic rings. The van der Waals surface area contributed by atoms with Crippen molar-refractivity contribution >= 4 is 34.1 Å². The van der Waals surface area contributed by atoms with Crippen molar-refractivity contribution in [3.8, 4) is 33.4 Å². The minimum atomic E-state index is 0.0580. The Labute approximate surface area is 421 Å². The summed E-state index contributed by atoms with van der Waals surface area (Å²) < 4.78 is 0. The number of para-hydroxylation sites is 1. The summed E-state index contributed by atoms with van der Waals surface area (Å²) in [5.74, 6) is 0. The molecule has 0 unspecified atom stereocenters. The van der Waals surface area contributed by atoms with Crippen molar-refractivity contribution in [2.75, 3.05) is 9.80 Å². The van der Waals surface area contributed by atoms with Crippen molar-refractivity contribution in [3.63, 3.8) is 0 Å². The van der Waals surface area contributed by atoms with Gasteiger partial charge in [-0.2, -0.15) is 0 Å². The lowest BCUT2D eigenvalue weighted by molar-refractivity contribution is 0.398. The molecule has 1 aliphatic carbocycles. The molecule has 8 aromatic carbocycles. The van der Waals surface area contributed by atoms with Crippen LogP contribution in [0.4, 0.5) is 34.1 Å². The summed E-state index contributed by atoms with van der Waals surface area (Å²) in [5, 5.41) is 0. The molecule has 0 bridgehead atoms. The number of aryl methyl sites for hydroxylation is 3. The van der Waals surface area contributed by atoms with Crippen LogP contribution in [0.25, 0.3) is 33.4 Å². The van der Waals surface area contributed by atoms with Crippen molar-refractivity contribution < 1.29 is 0 Å². The van der Waals surface area contributed by atoms with Crippen LogP contribution in [0.3, 0.4) is 0 Å². The Morgan fingerprint density at radius 1 is 0.300 bits per heavy atom. The molecule has 0 radical (unpaired) electrons. The minimum Gasteiger partial charge on any atom is -0.311 e. The first kappa shape index (κ1) is 48.4. The van der Waals surface area contributed by atoms with E-state index in [4.69, 9.17) is 0 Å². The molecule has 0 fully saturated rings. The van der Waals surface area contributed by atoms with Crippen LogP contribution in [0.15, 0.2) is 188 Å². The Hall–Kier alpha value is -6.64. The Bertz CT molecular complexity index is 2890. The van der Waals surface area contributed by atoms with E-state index in [1.807, 2.05) is 0 Å². The van der Waals surface area contributed by atoms with Crippen molar-refractivity contribution in [1.82, 2.24) is 0 Å². The van der Waals surface area contributed by atoms with Gasteiger partial charge in [-0.25, -0.2) is 0 Å². The van der Waals surface area contributed by atoms with Gasteiger partial charge in [-0.1, -0.05) is 211 Å². The number of benzene rings is 8. The molecule has 0 N–H and O–H groups in total. The highest BCUT2D eigenvalue weighted by atomic mass is 15.1. The fraction of sp³-hybridized carbons (Fsp3) is 0.294. The molecule has 0 heterocycles. The average Bonchev–Trinajstić information content (AvgIpc) is 3.65. The molecule has 0 aromatic heterocycles. The van der Waals surface area contributed by atoms with E-state index in [2.05, 4.69) is 232 Å². The normalized spacial score (nSPS) is 12.4. The standard InChI is InChI=1S/C68H74N2/c1-6-8-10-12-14-19-46-68(47-20-15-13-11-9-7-2)66-49-53(5)28-44-64(66)65-45-35-57(50-67(65)68)56-33-42-61(43-34-56)69(59-36-26-51(3)27-37-59)60-38-29-54(30-39-60)55-31-40-62(41-32-55)70(58-23-17-16-18-24-58)63-25-21-22-52(4)48-63/h16-18,21-45,48-50H,6-15,19-20,46-47H2,1-5H3. The predicted molar refractivity (Wildman–Crippen MR) is 303 cm³/mol. The molecule has 0 saturated carbocycles. The molecule has 0 spiro atoms. The Morgan fingerprint density at radius 3 is 1.21 bits per heavy atom. The number of rotatable bonds is 22. The van der Waals surface area contributed by atoms with Gasteiger partial charge in [-0.15, -0.1) is 0 Å². The molecule has 2 nitrogen and oxygen atoms in total. The highest BCUT2D eigenvalue weighted by molar-refractivity contribution is 5.86. The molecule has 0 amide bonds. The Morgan fingerprint density at radius 2 is 0.686 bits per heavy atom. The van der Waals surface area contributed by atoms with Crippen molar-refractivity contribution in [2.24, 2.45) is 0 Å².